The van der Waals surface area contributed by atoms with Crippen LogP contribution in [-0.2, 0) is 9.53 Å². The van der Waals surface area contributed by atoms with Gasteiger partial charge in [-0.15, -0.1) is 33.2 Å². The highest BCUT2D eigenvalue weighted by atomic mass is 35.8. The van der Waals surface area contributed by atoms with E-state index in [0.717, 1.165) is 48.6 Å². The lowest BCUT2D eigenvalue weighted by atomic mass is 9.79. The Morgan fingerprint density at radius 3 is 2.24 bits per heavy atom. The van der Waals surface area contributed by atoms with Gasteiger partial charge in [0.05, 0.1) is 13.7 Å². The van der Waals surface area contributed by atoms with Gasteiger partial charge in [-0.3, -0.25) is 0 Å². The van der Waals surface area contributed by atoms with Gasteiger partial charge in [-0.25, -0.2) is 4.79 Å². The summed E-state index contributed by atoms with van der Waals surface area (Å²) < 4.78 is 10.5. The average molecular weight is 478 g/mol. The van der Waals surface area contributed by atoms with E-state index in [2.05, 4.69) is 4.74 Å². The number of hydrogen-bond donors (Lipinski definition) is 0. The van der Waals surface area contributed by atoms with Gasteiger partial charge in [0.15, 0.2) is 0 Å². The minimum Gasteiger partial charge on any atom is -0.494 e. The van der Waals surface area contributed by atoms with Crippen LogP contribution in [0.1, 0.15) is 56.9 Å². The quantitative estimate of drug-likeness (QED) is 0.110. The molecule has 0 amide bonds. The molecule has 29 heavy (non-hydrogen) atoms. The number of rotatable bonds is 11. The molecule has 162 valence electrons. The standard InChI is InChI=1S/C22H31Cl3O3Si/c1-27-22(26)14-11-19-9-12-21(13-10-19)28-16-15-20-7-5-18(6-8-20)4-2-3-17-29(23,24)25/h9-14,18,20H,2-8,15-17H2,1H3/t18-,20-. The Balaban J connectivity index is 1.58. The van der Waals surface area contributed by atoms with E-state index in [1.165, 1.54) is 51.7 Å². The van der Waals surface area contributed by atoms with E-state index in [4.69, 9.17) is 38.0 Å². The molecule has 0 saturated heterocycles. The molecule has 0 aromatic heterocycles. The average Bonchev–Trinajstić information content (AvgIpc) is 2.70. The Morgan fingerprint density at radius 2 is 1.66 bits per heavy atom. The lowest BCUT2D eigenvalue weighted by Crippen LogP contribution is -2.17. The molecule has 0 heterocycles. The predicted molar refractivity (Wildman–Crippen MR) is 125 cm³/mol. The first kappa shape index (κ1) is 24.6. The number of benzene rings is 1. The van der Waals surface area contributed by atoms with Gasteiger partial charge in [0.25, 0.3) is 0 Å². The highest BCUT2D eigenvalue weighted by Gasteiger charge is 2.25. The number of carbonyl (C=O) groups excluding carboxylic acids is 1. The van der Waals surface area contributed by atoms with Gasteiger partial charge in [0.1, 0.15) is 5.75 Å². The number of hydrogen-bond acceptors (Lipinski definition) is 3. The van der Waals surface area contributed by atoms with Gasteiger partial charge < -0.3 is 9.47 Å². The van der Waals surface area contributed by atoms with E-state index in [1.807, 2.05) is 24.3 Å². The summed E-state index contributed by atoms with van der Waals surface area (Å²) in [4.78, 5) is 11.1. The maximum Gasteiger partial charge on any atom is 0.341 e. The van der Waals surface area contributed by atoms with Crippen LogP contribution in [0.4, 0.5) is 0 Å². The maximum absolute atomic E-state index is 11.1. The Bertz CT molecular complexity index is 636. The molecule has 1 aromatic carbocycles. The summed E-state index contributed by atoms with van der Waals surface area (Å²) in [7, 11) is 1.37. The minimum atomic E-state index is -2.43. The Hall–Kier alpha value is -0.683. The number of halogens is 3. The SMILES string of the molecule is COC(=O)C=Cc1ccc(OCC[C@H]2CC[C@H](CCCC[Si](Cl)(Cl)Cl)CC2)cc1. The van der Waals surface area contributed by atoms with Crippen LogP contribution in [0, 0.1) is 11.8 Å². The summed E-state index contributed by atoms with van der Waals surface area (Å²) in [6, 6.07) is 6.10. The second-order valence-electron chi connectivity index (χ2n) is 7.81. The third kappa shape index (κ3) is 10.8. The van der Waals surface area contributed by atoms with E-state index in [-0.39, 0.29) is 5.97 Å². The Kier molecular flexibility index (Phi) is 10.9. The second kappa shape index (κ2) is 12.9. The number of unbranched alkanes of at least 4 members (excludes halogenated alkanes) is 1. The third-order valence-electron chi connectivity index (χ3n) is 5.58. The van der Waals surface area contributed by atoms with Crippen LogP contribution in [0.15, 0.2) is 30.3 Å². The lowest BCUT2D eigenvalue weighted by molar-refractivity contribution is -0.134. The summed E-state index contributed by atoms with van der Waals surface area (Å²) in [6.45, 7) is 0.751. The van der Waals surface area contributed by atoms with Crippen molar-refractivity contribution in [3.8, 4) is 5.75 Å². The van der Waals surface area contributed by atoms with E-state index in [9.17, 15) is 4.79 Å². The zero-order chi connectivity index (χ0) is 21.1. The molecule has 1 aliphatic carbocycles. The van der Waals surface area contributed by atoms with Crippen LogP contribution >= 0.6 is 33.2 Å². The number of esters is 1. The molecule has 1 fully saturated rings. The molecular formula is C22H31Cl3O3Si. The molecule has 1 aliphatic rings. The normalized spacial score (nSPS) is 20.0. The molecule has 0 unspecified atom stereocenters. The van der Waals surface area contributed by atoms with Crippen molar-refractivity contribution in [2.24, 2.45) is 11.8 Å². The van der Waals surface area contributed by atoms with Crippen molar-refractivity contribution in [2.45, 2.75) is 57.4 Å². The van der Waals surface area contributed by atoms with Crippen LogP contribution in [0.2, 0.25) is 6.04 Å². The monoisotopic (exact) mass is 476 g/mol. The van der Waals surface area contributed by atoms with Crippen molar-refractivity contribution in [1.82, 2.24) is 0 Å². The molecule has 0 spiro atoms. The number of carbonyl (C=O) groups is 1. The zero-order valence-electron chi connectivity index (χ0n) is 17.0. The molecule has 0 bridgehead atoms. The summed E-state index contributed by atoms with van der Waals surface area (Å²) in [6.07, 6.45) is 13.0. The predicted octanol–water partition coefficient (Wildman–Crippen LogP) is 7.27. The van der Waals surface area contributed by atoms with E-state index < -0.39 is 6.00 Å². The van der Waals surface area contributed by atoms with Gasteiger partial charge in [-0.05, 0) is 48.1 Å². The molecule has 3 nitrogen and oxygen atoms in total. The van der Waals surface area contributed by atoms with Crippen molar-refractivity contribution in [1.29, 1.82) is 0 Å². The summed E-state index contributed by atoms with van der Waals surface area (Å²) in [5.41, 5.74) is 0.942. The van der Waals surface area contributed by atoms with E-state index in [1.54, 1.807) is 6.08 Å². The van der Waals surface area contributed by atoms with E-state index >= 15 is 0 Å². The first-order valence-corrected chi connectivity index (χ1v) is 15.7. The lowest BCUT2D eigenvalue weighted by Gasteiger charge is -2.28. The highest BCUT2D eigenvalue weighted by molar-refractivity contribution is 7.64. The van der Waals surface area contributed by atoms with Gasteiger partial charge in [-0.2, -0.15) is 0 Å². The highest BCUT2D eigenvalue weighted by Crippen LogP contribution is 2.34. The van der Waals surface area contributed by atoms with Gasteiger partial charge in [0, 0.05) is 6.08 Å². The van der Waals surface area contributed by atoms with Crippen molar-refractivity contribution in [3.05, 3.63) is 35.9 Å². The van der Waals surface area contributed by atoms with Crippen LogP contribution < -0.4 is 4.74 Å². The first-order valence-electron chi connectivity index (χ1n) is 10.4. The molecular weight excluding hydrogens is 447 g/mol. The molecule has 0 aliphatic heterocycles. The molecule has 0 radical (unpaired) electrons. The third-order valence-corrected chi connectivity index (χ3v) is 8.20. The minimum absolute atomic E-state index is 0.357. The fraction of sp³-hybridized carbons (Fsp3) is 0.591. The van der Waals surface area contributed by atoms with Crippen LogP contribution in [-0.4, -0.2) is 25.7 Å². The van der Waals surface area contributed by atoms with Crippen LogP contribution in [0.3, 0.4) is 0 Å². The Morgan fingerprint density at radius 1 is 1.03 bits per heavy atom. The molecule has 0 atom stereocenters. The second-order valence-corrected chi connectivity index (χ2v) is 17.1. The summed E-state index contributed by atoms with van der Waals surface area (Å²) in [5, 5.41) is 0. The molecule has 0 N–H and O–H groups in total. The molecule has 2 rings (SSSR count). The molecule has 7 heteroatoms. The van der Waals surface area contributed by atoms with Crippen molar-refractivity contribution < 1.29 is 14.3 Å². The topological polar surface area (TPSA) is 35.5 Å². The summed E-state index contributed by atoms with van der Waals surface area (Å²) >= 11 is 17.8. The van der Waals surface area contributed by atoms with Gasteiger partial charge >= 0.3 is 12.0 Å². The zero-order valence-corrected chi connectivity index (χ0v) is 20.3. The fourth-order valence-electron chi connectivity index (χ4n) is 3.82. The number of ether oxygens (including phenoxy) is 2. The van der Waals surface area contributed by atoms with Gasteiger partial charge in [0.2, 0.25) is 0 Å². The number of methoxy groups -OCH3 is 1. The van der Waals surface area contributed by atoms with Crippen LogP contribution in [0.25, 0.3) is 6.08 Å². The first-order chi connectivity index (χ1) is 13.9. The smallest absolute Gasteiger partial charge is 0.341 e. The Labute approximate surface area is 189 Å². The fourth-order valence-corrected chi connectivity index (χ4v) is 5.67. The van der Waals surface area contributed by atoms with Crippen LogP contribution in [0.5, 0.6) is 5.75 Å². The van der Waals surface area contributed by atoms with Gasteiger partial charge in [-0.1, -0.05) is 57.1 Å². The van der Waals surface area contributed by atoms with Crippen molar-refractivity contribution >= 4 is 51.3 Å². The van der Waals surface area contributed by atoms with Crippen molar-refractivity contribution in [2.75, 3.05) is 13.7 Å². The molecule has 1 aromatic rings. The molecule has 1 saturated carbocycles. The summed E-state index contributed by atoms with van der Waals surface area (Å²) in [5.74, 6) is 2.12. The van der Waals surface area contributed by atoms with E-state index in [0.29, 0.717) is 0 Å². The largest absolute Gasteiger partial charge is 0.494 e. The maximum atomic E-state index is 11.1. The van der Waals surface area contributed by atoms with Crippen molar-refractivity contribution in [3.63, 3.8) is 0 Å².